The molecule has 0 spiro atoms. The van der Waals surface area contributed by atoms with Crippen LogP contribution in [-0.2, 0) is 6.42 Å². The van der Waals surface area contributed by atoms with Crippen molar-refractivity contribution in [2.75, 3.05) is 32.7 Å². The first-order valence-corrected chi connectivity index (χ1v) is 7.35. The van der Waals surface area contributed by atoms with Gasteiger partial charge < -0.3 is 14.8 Å². The molecule has 2 heterocycles. The summed E-state index contributed by atoms with van der Waals surface area (Å²) in [5, 5.41) is 3.39. The summed E-state index contributed by atoms with van der Waals surface area (Å²) in [6.45, 7) is 7.75. The van der Waals surface area contributed by atoms with Gasteiger partial charge >= 0.3 is 0 Å². The number of aryl methyl sites for hydroxylation is 1. The molecular formula is C16H22N4. The summed E-state index contributed by atoms with van der Waals surface area (Å²) in [6, 6.07) is 8.78. The van der Waals surface area contributed by atoms with Crippen molar-refractivity contribution in [3.05, 3.63) is 48.0 Å². The third-order valence-corrected chi connectivity index (χ3v) is 3.94. The fraction of sp³-hybridized carbons (Fsp3) is 0.438. The highest BCUT2D eigenvalue weighted by molar-refractivity contribution is 5.37. The predicted octanol–water partition coefficient (Wildman–Crippen LogP) is 1.63. The van der Waals surface area contributed by atoms with E-state index < -0.39 is 0 Å². The zero-order chi connectivity index (χ0) is 13.8. The van der Waals surface area contributed by atoms with Crippen LogP contribution in [0.2, 0.25) is 0 Å². The zero-order valence-corrected chi connectivity index (χ0v) is 12.0. The van der Waals surface area contributed by atoms with Gasteiger partial charge in [-0.3, -0.25) is 0 Å². The molecule has 3 rings (SSSR count). The van der Waals surface area contributed by atoms with Crippen LogP contribution in [0.15, 0.2) is 36.7 Å². The third kappa shape index (κ3) is 3.08. The molecule has 1 aromatic heterocycles. The molecular weight excluding hydrogens is 248 g/mol. The lowest BCUT2D eigenvalue weighted by Gasteiger charge is -2.27. The second kappa shape index (κ2) is 6.20. The maximum atomic E-state index is 4.29. The molecule has 2 aromatic rings. The Hall–Kier alpha value is -1.65. The van der Waals surface area contributed by atoms with Crippen LogP contribution in [-0.4, -0.2) is 47.2 Å². The molecule has 20 heavy (non-hydrogen) atoms. The van der Waals surface area contributed by atoms with Crippen molar-refractivity contribution in [2.45, 2.75) is 13.3 Å². The summed E-state index contributed by atoms with van der Waals surface area (Å²) in [5.41, 5.74) is 2.60. The molecule has 1 saturated heterocycles. The molecule has 0 atom stereocenters. The Morgan fingerprint density at radius 3 is 2.85 bits per heavy atom. The number of nitrogens with zero attached hydrogens (tertiary/aromatic N) is 3. The number of piperazine rings is 1. The van der Waals surface area contributed by atoms with Crippen molar-refractivity contribution >= 4 is 0 Å². The molecule has 0 unspecified atom stereocenters. The molecule has 0 bridgehead atoms. The van der Waals surface area contributed by atoms with Gasteiger partial charge in [0.2, 0.25) is 0 Å². The topological polar surface area (TPSA) is 33.1 Å². The normalized spacial score (nSPS) is 16.4. The molecule has 1 aliphatic heterocycles. The van der Waals surface area contributed by atoms with Crippen molar-refractivity contribution in [1.82, 2.24) is 19.8 Å². The summed E-state index contributed by atoms with van der Waals surface area (Å²) < 4.78 is 2.13. The van der Waals surface area contributed by atoms with E-state index in [1.807, 2.05) is 19.3 Å². The second-order valence-corrected chi connectivity index (χ2v) is 5.36. The third-order valence-electron chi connectivity index (χ3n) is 3.94. The number of aromatic nitrogens is 2. The molecule has 1 aromatic carbocycles. The van der Waals surface area contributed by atoms with E-state index in [0.717, 1.165) is 31.9 Å². The van der Waals surface area contributed by atoms with Gasteiger partial charge in [-0.1, -0.05) is 12.1 Å². The summed E-state index contributed by atoms with van der Waals surface area (Å²) in [7, 11) is 0. The molecule has 0 radical (unpaired) electrons. The molecule has 4 heteroatoms. The van der Waals surface area contributed by atoms with E-state index in [1.54, 1.807) is 0 Å². The summed E-state index contributed by atoms with van der Waals surface area (Å²) in [5.74, 6) is 1.03. The van der Waals surface area contributed by atoms with Crippen LogP contribution in [0.4, 0.5) is 0 Å². The Morgan fingerprint density at radius 1 is 1.25 bits per heavy atom. The monoisotopic (exact) mass is 270 g/mol. The van der Waals surface area contributed by atoms with Crippen LogP contribution >= 0.6 is 0 Å². The summed E-state index contributed by atoms with van der Waals surface area (Å²) in [4.78, 5) is 6.82. The van der Waals surface area contributed by atoms with Gasteiger partial charge in [0.1, 0.15) is 5.82 Å². The largest absolute Gasteiger partial charge is 0.314 e. The van der Waals surface area contributed by atoms with E-state index in [1.165, 1.54) is 24.3 Å². The second-order valence-electron chi connectivity index (χ2n) is 5.36. The maximum absolute atomic E-state index is 4.29. The van der Waals surface area contributed by atoms with Crippen LogP contribution in [0.3, 0.4) is 0 Å². The number of imidazole rings is 1. The van der Waals surface area contributed by atoms with E-state index in [9.17, 15) is 0 Å². The lowest BCUT2D eigenvalue weighted by molar-refractivity contribution is 0.244. The molecule has 1 N–H and O–H groups in total. The molecule has 0 amide bonds. The quantitative estimate of drug-likeness (QED) is 0.916. The van der Waals surface area contributed by atoms with Gasteiger partial charge in [0.25, 0.3) is 0 Å². The van der Waals surface area contributed by atoms with Crippen molar-refractivity contribution in [1.29, 1.82) is 0 Å². The Labute approximate surface area is 120 Å². The molecule has 1 aliphatic rings. The average molecular weight is 270 g/mol. The van der Waals surface area contributed by atoms with E-state index in [0.29, 0.717) is 0 Å². The smallest absolute Gasteiger partial charge is 0.110 e. The van der Waals surface area contributed by atoms with Crippen molar-refractivity contribution in [3.63, 3.8) is 0 Å². The fourth-order valence-electron chi connectivity index (χ4n) is 2.73. The van der Waals surface area contributed by atoms with Gasteiger partial charge in [-0.25, -0.2) is 4.98 Å². The van der Waals surface area contributed by atoms with Crippen molar-refractivity contribution < 1.29 is 0 Å². The number of nitrogens with one attached hydrogen (secondary N) is 1. The van der Waals surface area contributed by atoms with Crippen molar-refractivity contribution in [3.8, 4) is 5.69 Å². The van der Waals surface area contributed by atoms with Gasteiger partial charge in [-0.2, -0.15) is 0 Å². The number of benzene rings is 1. The highest BCUT2D eigenvalue weighted by Gasteiger charge is 2.09. The minimum absolute atomic E-state index is 1.03. The van der Waals surface area contributed by atoms with Crippen LogP contribution < -0.4 is 5.32 Å². The predicted molar refractivity (Wildman–Crippen MR) is 81.3 cm³/mol. The van der Waals surface area contributed by atoms with Gasteiger partial charge in [0, 0.05) is 50.8 Å². The lowest BCUT2D eigenvalue weighted by atomic mass is 10.1. The van der Waals surface area contributed by atoms with E-state index >= 15 is 0 Å². The first-order chi connectivity index (χ1) is 9.83. The van der Waals surface area contributed by atoms with Crippen LogP contribution in [0.1, 0.15) is 11.4 Å². The van der Waals surface area contributed by atoms with E-state index in [4.69, 9.17) is 0 Å². The first-order valence-electron chi connectivity index (χ1n) is 7.35. The minimum atomic E-state index is 1.03. The summed E-state index contributed by atoms with van der Waals surface area (Å²) >= 11 is 0. The number of hydrogen-bond acceptors (Lipinski definition) is 3. The molecule has 0 aliphatic carbocycles. The highest BCUT2D eigenvalue weighted by atomic mass is 15.2. The van der Waals surface area contributed by atoms with E-state index in [2.05, 4.69) is 44.0 Å². The van der Waals surface area contributed by atoms with Crippen molar-refractivity contribution in [2.24, 2.45) is 0 Å². The highest BCUT2D eigenvalue weighted by Crippen LogP contribution is 2.13. The Balaban J connectivity index is 1.67. The average Bonchev–Trinajstić information content (AvgIpc) is 2.93. The Kier molecular flexibility index (Phi) is 4.14. The minimum Gasteiger partial charge on any atom is -0.314 e. The number of rotatable bonds is 4. The molecule has 106 valence electrons. The van der Waals surface area contributed by atoms with Gasteiger partial charge in [-0.05, 0) is 31.0 Å². The standard InChI is InChI=1S/C16H22N4/c1-14-18-8-12-20(14)16-4-2-3-15(13-16)5-9-19-10-6-17-7-11-19/h2-4,8,12-13,17H,5-7,9-11H2,1H3. The SMILES string of the molecule is Cc1nccn1-c1cccc(CCN2CCNCC2)c1. The first kappa shape index (κ1) is 13.3. The van der Waals surface area contributed by atoms with Crippen LogP contribution in [0.25, 0.3) is 5.69 Å². The molecule has 4 nitrogen and oxygen atoms in total. The van der Waals surface area contributed by atoms with E-state index in [-0.39, 0.29) is 0 Å². The zero-order valence-electron chi connectivity index (χ0n) is 12.0. The van der Waals surface area contributed by atoms with Gasteiger partial charge in [-0.15, -0.1) is 0 Å². The number of hydrogen-bond donors (Lipinski definition) is 1. The molecule has 1 fully saturated rings. The molecule has 0 saturated carbocycles. The maximum Gasteiger partial charge on any atom is 0.110 e. The summed E-state index contributed by atoms with van der Waals surface area (Å²) in [6.07, 6.45) is 4.98. The lowest BCUT2D eigenvalue weighted by Crippen LogP contribution is -2.44. The van der Waals surface area contributed by atoms with Gasteiger partial charge in [0.05, 0.1) is 0 Å². The van der Waals surface area contributed by atoms with Crippen LogP contribution in [0, 0.1) is 6.92 Å². The van der Waals surface area contributed by atoms with Gasteiger partial charge in [0.15, 0.2) is 0 Å². The Bertz CT molecular complexity index is 555. The van der Waals surface area contributed by atoms with Crippen LogP contribution in [0.5, 0.6) is 0 Å². The Morgan fingerprint density at radius 2 is 2.10 bits per heavy atom. The fourth-order valence-corrected chi connectivity index (χ4v) is 2.73.